The minimum atomic E-state index is 0. The van der Waals surface area contributed by atoms with Gasteiger partial charge in [0.1, 0.15) is 6.54 Å². The van der Waals surface area contributed by atoms with Crippen molar-refractivity contribution in [1.82, 2.24) is 4.90 Å². The van der Waals surface area contributed by atoms with Gasteiger partial charge in [-0.3, -0.25) is 4.90 Å². The standard InChI is InChI=1S/C19H33N2.2BrH/c1-17(2)10-6-4-5-7-14-21-15-8-11-18(16-21)19-12-9-13-20(19)3;;/h8,11,15-17,19H,4-7,9-10,12-14H2,1-3H3;2*1H/q+1;;/p-1/t19-;;/m0../s1. The van der Waals surface area contributed by atoms with Crippen molar-refractivity contribution in [1.29, 1.82) is 0 Å². The van der Waals surface area contributed by atoms with E-state index in [9.17, 15) is 0 Å². The zero-order chi connectivity index (χ0) is 15.1. The van der Waals surface area contributed by atoms with Crippen molar-refractivity contribution >= 4 is 17.0 Å². The molecule has 0 unspecified atom stereocenters. The van der Waals surface area contributed by atoms with E-state index >= 15 is 0 Å². The Balaban J connectivity index is 0.00000242. The number of pyridine rings is 1. The van der Waals surface area contributed by atoms with Crippen LogP contribution in [0.2, 0.25) is 0 Å². The average Bonchev–Trinajstić information content (AvgIpc) is 2.89. The van der Waals surface area contributed by atoms with Crippen LogP contribution < -0.4 is 21.5 Å². The highest BCUT2D eigenvalue weighted by atomic mass is 79.9. The van der Waals surface area contributed by atoms with Gasteiger partial charge < -0.3 is 17.0 Å². The summed E-state index contributed by atoms with van der Waals surface area (Å²) in [7, 11) is 2.25. The quantitative estimate of drug-likeness (QED) is 0.434. The molecule has 0 aromatic carbocycles. The first-order chi connectivity index (χ1) is 10.2. The summed E-state index contributed by atoms with van der Waals surface area (Å²) in [5, 5.41) is 0. The number of aryl methyl sites for hydroxylation is 1. The van der Waals surface area contributed by atoms with Crippen LogP contribution in [0.15, 0.2) is 24.5 Å². The predicted octanol–water partition coefficient (Wildman–Crippen LogP) is 1.93. The molecular formula is C19H34Br2N2. The van der Waals surface area contributed by atoms with Crippen molar-refractivity contribution < 1.29 is 21.5 Å². The van der Waals surface area contributed by atoms with Crippen molar-refractivity contribution in [3.8, 4) is 0 Å². The summed E-state index contributed by atoms with van der Waals surface area (Å²) < 4.78 is 2.39. The fourth-order valence-electron chi connectivity index (χ4n) is 3.41. The van der Waals surface area contributed by atoms with Crippen LogP contribution >= 0.6 is 17.0 Å². The number of hydrogen-bond donors (Lipinski definition) is 0. The van der Waals surface area contributed by atoms with E-state index in [2.05, 4.69) is 54.9 Å². The number of aromatic nitrogens is 1. The molecule has 1 aromatic heterocycles. The summed E-state index contributed by atoms with van der Waals surface area (Å²) in [6.07, 6.45) is 14.1. The molecule has 4 heteroatoms. The van der Waals surface area contributed by atoms with E-state index in [4.69, 9.17) is 0 Å². The van der Waals surface area contributed by atoms with Crippen LogP contribution in [0.3, 0.4) is 0 Å². The molecule has 1 aliphatic rings. The highest BCUT2D eigenvalue weighted by Gasteiger charge is 2.24. The van der Waals surface area contributed by atoms with Gasteiger partial charge in [0.05, 0.1) is 0 Å². The molecule has 0 radical (unpaired) electrons. The summed E-state index contributed by atoms with van der Waals surface area (Å²) in [4.78, 5) is 2.49. The molecule has 2 heterocycles. The Labute approximate surface area is 164 Å². The minimum Gasteiger partial charge on any atom is -1.00 e. The van der Waals surface area contributed by atoms with Gasteiger partial charge >= 0.3 is 0 Å². The Kier molecular flexibility index (Phi) is 12.5. The first-order valence-electron chi connectivity index (χ1n) is 8.86. The van der Waals surface area contributed by atoms with Crippen LogP contribution in [0.5, 0.6) is 0 Å². The number of rotatable bonds is 8. The van der Waals surface area contributed by atoms with Gasteiger partial charge in [-0.1, -0.05) is 33.1 Å². The zero-order valence-electron chi connectivity index (χ0n) is 15.0. The third-order valence-electron chi connectivity index (χ3n) is 4.73. The molecule has 1 saturated heterocycles. The SMILES string of the molecule is Br.CC(C)CCCCCC[n+]1cccc([C@@H]2CCCN2C)c1.[Br-]. The molecular weight excluding hydrogens is 416 g/mol. The van der Waals surface area contributed by atoms with Crippen LogP contribution in [-0.2, 0) is 6.54 Å². The van der Waals surface area contributed by atoms with E-state index in [1.54, 1.807) is 0 Å². The van der Waals surface area contributed by atoms with Gasteiger partial charge in [0.2, 0.25) is 0 Å². The molecule has 1 aromatic rings. The Morgan fingerprint density at radius 1 is 1.22 bits per heavy atom. The van der Waals surface area contributed by atoms with Gasteiger partial charge in [-0.25, -0.2) is 4.57 Å². The summed E-state index contributed by atoms with van der Waals surface area (Å²) in [5.41, 5.74) is 1.50. The van der Waals surface area contributed by atoms with Crippen LogP contribution in [0.1, 0.15) is 70.4 Å². The summed E-state index contributed by atoms with van der Waals surface area (Å²) >= 11 is 0. The lowest BCUT2D eigenvalue weighted by atomic mass is 10.0. The van der Waals surface area contributed by atoms with Gasteiger partial charge in [-0.05, 0) is 44.8 Å². The molecule has 1 atom stereocenters. The fourth-order valence-corrected chi connectivity index (χ4v) is 3.41. The van der Waals surface area contributed by atoms with Gasteiger partial charge in [0.15, 0.2) is 12.4 Å². The van der Waals surface area contributed by atoms with E-state index in [0.717, 1.165) is 5.92 Å². The molecule has 0 bridgehead atoms. The molecule has 0 amide bonds. The second-order valence-electron chi connectivity index (χ2n) is 7.11. The van der Waals surface area contributed by atoms with Crippen molar-refractivity contribution in [2.45, 2.75) is 71.4 Å². The van der Waals surface area contributed by atoms with E-state index in [1.807, 2.05) is 0 Å². The Morgan fingerprint density at radius 3 is 2.61 bits per heavy atom. The Bertz CT molecular complexity index is 424. The van der Waals surface area contributed by atoms with E-state index in [1.165, 1.54) is 63.6 Å². The molecule has 1 fully saturated rings. The number of likely N-dealkylation sites (tertiary alicyclic amines) is 1. The molecule has 134 valence electrons. The third kappa shape index (κ3) is 8.13. The summed E-state index contributed by atoms with van der Waals surface area (Å²) in [6, 6.07) is 5.16. The number of unbranched alkanes of at least 4 members (excludes halogenated alkanes) is 3. The lowest BCUT2D eigenvalue weighted by Gasteiger charge is -2.18. The largest absolute Gasteiger partial charge is 1.00 e. The van der Waals surface area contributed by atoms with Crippen molar-refractivity contribution in [3.05, 3.63) is 30.1 Å². The summed E-state index contributed by atoms with van der Waals surface area (Å²) in [5.74, 6) is 0.861. The fraction of sp³-hybridized carbons (Fsp3) is 0.737. The average molecular weight is 450 g/mol. The maximum atomic E-state index is 2.49. The second-order valence-corrected chi connectivity index (χ2v) is 7.11. The van der Waals surface area contributed by atoms with Gasteiger partial charge in [-0.15, -0.1) is 17.0 Å². The number of halogens is 2. The van der Waals surface area contributed by atoms with Crippen molar-refractivity contribution in [2.24, 2.45) is 5.92 Å². The first kappa shape index (κ1) is 23.1. The van der Waals surface area contributed by atoms with Crippen LogP contribution in [0.25, 0.3) is 0 Å². The van der Waals surface area contributed by atoms with Gasteiger partial charge in [-0.2, -0.15) is 0 Å². The van der Waals surface area contributed by atoms with Crippen molar-refractivity contribution in [2.75, 3.05) is 13.6 Å². The smallest absolute Gasteiger partial charge is 0.173 e. The Hall–Kier alpha value is 0.0700. The molecule has 0 aliphatic carbocycles. The molecule has 0 N–H and O–H groups in total. The molecule has 0 saturated carbocycles. The van der Waals surface area contributed by atoms with Gasteiger partial charge in [0, 0.05) is 24.1 Å². The van der Waals surface area contributed by atoms with Crippen molar-refractivity contribution in [3.63, 3.8) is 0 Å². The van der Waals surface area contributed by atoms with E-state index in [-0.39, 0.29) is 34.0 Å². The third-order valence-corrected chi connectivity index (χ3v) is 4.73. The lowest BCUT2D eigenvalue weighted by molar-refractivity contribution is -0.697. The number of nitrogens with zero attached hydrogens (tertiary/aromatic N) is 2. The topological polar surface area (TPSA) is 7.12 Å². The van der Waals surface area contributed by atoms with Gasteiger partial charge in [0.25, 0.3) is 0 Å². The molecule has 2 rings (SSSR count). The van der Waals surface area contributed by atoms with Crippen LogP contribution in [0, 0.1) is 5.92 Å². The maximum absolute atomic E-state index is 2.49. The van der Waals surface area contributed by atoms with Crippen LogP contribution in [-0.4, -0.2) is 18.5 Å². The lowest BCUT2D eigenvalue weighted by Crippen LogP contribution is -3.00. The number of hydrogen-bond acceptors (Lipinski definition) is 1. The normalized spacial score (nSPS) is 17.8. The summed E-state index contributed by atoms with van der Waals surface area (Å²) in [6.45, 7) is 7.06. The predicted molar refractivity (Wildman–Crippen MR) is 99.5 cm³/mol. The second kappa shape index (κ2) is 12.4. The first-order valence-corrected chi connectivity index (χ1v) is 8.86. The molecule has 1 aliphatic heterocycles. The molecule has 2 nitrogen and oxygen atoms in total. The molecule has 23 heavy (non-hydrogen) atoms. The zero-order valence-corrected chi connectivity index (χ0v) is 18.3. The molecule has 0 spiro atoms. The van der Waals surface area contributed by atoms with Crippen LogP contribution in [0.4, 0.5) is 0 Å². The Morgan fingerprint density at radius 2 is 1.96 bits per heavy atom. The highest BCUT2D eigenvalue weighted by molar-refractivity contribution is 8.93. The maximum Gasteiger partial charge on any atom is 0.173 e. The van der Waals surface area contributed by atoms with E-state index < -0.39 is 0 Å². The monoisotopic (exact) mass is 448 g/mol. The minimum absolute atomic E-state index is 0. The highest BCUT2D eigenvalue weighted by Crippen LogP contribution is 2.29. The van der Waals surface area contributed by atoms with E-state index in [0.29, 0.717) is 6.04 Å².